The van der Waals surface area contributed by atoms with Crippen LogP contribution in [-0.2, 0) is 9.53 Å². The Labute approximate surface area is 102 Å². The molecule has 0 bridgehead atoms. The summed E-state index contributed by atoms with van der Waals surface area (Å²) < 4.78 is 5.57. The second-order valence-corrected chi connectivity index (χ2v) is 5.03. The molecule has 0 N–H and O–H groups in total. The number of Topliss-reactive ketones (excluding diaryl/α,β-unsaturated/α-hetero) is 1. The lowest BCUT2D eigenvalue weighted by Gasteiger charge is -2.28. The Morgan fingerprint density at radius 1 is 1.31 bits per heavy atom. The van der Waals surface area contributed by atoms with Gasteiger partial charge in [0.2, 0.25) is 0 Å². The molecule has 0 spiro atoms. The number of rotatable bonds is 2. The summed E-state index contributed by atoms with van der Waals surface area (Å²) in [6.07, 6.45) is 6.41. The van der Waals surface area contributed by atoms with E-state index in [1.165, 1.54) is 19.3 Å². The van der Waals surface area contributed by atoms with E-state index in [9.17, 15) is 4.79 Å². The van der Waals surface area contributed by atoms with Crippen LogP contribution in [0.5, 0.6) is 0 Å². The number of carbonyl (C=O) groups excluding carboxylic acids is 1. The summed E-state index contributed by atoms with van der Waals surface area (Å²) in [6.45, 7) is 2.52. The van der Waals surface area contributed by atoms with Crippen molar-refractivity contribution in [3.05, 3.63) is 0 Å². The van der Waals surface area contributed by atoms with Gasteiger partial charge >= 0.3 is 0 Å². The molecule has 3 nitrogen and oxygen atoms in total. The van der Waals surface area contributed by atoms with Gasteiger partial charge in [-0.25, -0.2) is 0 Å². The van der Waals surface area contributed by atoms with Crippen LogP contribution >= 0.6 is 12.2 Å². The Morgan fingerprint density at radius 2 is 2.06 bits per heavy atom. The first-order valence-corrected chi connectivity index (χ1v) is 6.62. The highest BCUT2D eigenvalue weighted by atomic mass is 32.1. The van der Waals surface area contributed by atoms with Crippen LogP contribution in [0.25, 0.3) is 0 Å². The summed E-state index contributed by atoms with van der Waals surface area (Å²) in [5.74, 6) is 0.448. The Kier molecular flexibility index (Phi) is 4.16. The maximum absolute atomic E-state index is 11.4. The number of piperidine rings is 1. The molecule has 0 aromatic carbocycles. The third kappa shape index (κ3) is 2.94. The van der Waals surface area contributed by atoms with Crippen LogP contribution in [0.15, 0.2) is 0 Å². The minimum absolute atomic E-state index is 0.0998. The van der Waals surface area contributed by atoms with Crippen LogP contribution < -0.4 is 0 Å². The first-order chi connectivity index (χ1) is 7.77. The van der Waals surface area contributed by atoms with Crippen molar-refractivity contribution in [2.24, 2.45) is 5.92 Å². The summed E-state index contributed by atoms with van der Waals surface area (Å²) in [5.41, 5.74) is 0. The smallest absolute Gasteiger partial charge is 0.259 e. The van der Waals surface area contributed by atoms with Gasteiger partial charge in [-0.3, -0.25) is 4.79 Å². The monoisotopic (exact) mass is 241 g/mol. The maximum atomic E-state index is 11.4. The quantitative estimate of drug-likeness (QED) is 0.693. The van der Waals surface area contributed by atoms with E-state index < -0.39 is 0 Å². The zero-order chi connectivity index (χ0) is 11.4. The zero-order valence-electron chi connectivity index (χ0n) is 9.61. The fraction of sp³-hybridized carbons (Fsp3) is 0.833. The van der Waals surface area contributed by atoms with Crippen LogP contribution in [0, 0.1) is 5.92 Å². The van der Waals surface area contributed by atoms with E-state index in [4.69, 9.17) is 17.0 Å². The van der Waals surface area contributed by atoms with Gasteiger partial charge in [0.25, 0.3) is 5.17 Å². The van der Waals surface area contributed by atoms with Gasteiger partial charge in [0.15, 0.2) is 0 Å². The fourth-order valence-electron chi connectivity index (χ4n) is 2.40. The predicted molar refractivity (Wildman–Crippen MR) is 66.3 cm³/mol. The average molecular weight is 241 g/mol. The van der Waals surface area contributed by atoms with E-state index >= 15 is 0 Å². The third-order valence-corrected chi connectivity index (χ3v) is 3.83. The topological polar surface area (TPSA) is 29.5 Å². The molecule has 0 aromatic heterocycles. The van der Waals surface area contributed by atoms with Crippen molar-refractivity contribution in [1.29, 1.82) is 0 Å². The summed E-state index contributed by atoms with van der Waals surface area (Å²) >= 11 is 5.24. The molecule has 1 aliphatic heterocycles. The van der Waals surface area contributed by atoms with Crippen molar-refractivity contribution in [1.82, 2.24) is 4.90 Å². The molecule has 0 aromatic rings. The Morgan fingerprint density at radius 3 is 2.69 bits per heavy atom. The van der Waals surface area contributed by atoms with Crippen molar-refractivity contribution < 1.29 is 9.53 Å². The number of ketones is 1. The number of nitrogens with zero attached hydrogens (tertiary/aromatic N) is 1. The van der Waals surface area contributed by atoms with Gasteiger partial charge in [0, 0.05) is 19.5 Å². The van der Waals surface area contributed by atoms with E-state index in [1.54, 1.807) is 0 Å². The highest BCUT2D eigenvalue weighted by Gasteiger charge is 2.26. The zero-order valence-corrected chi connectivity index (χ0v) is 10.4. The second-order valence-electron chi connectivity index (χ2n) is 4.68. The number of thiocarbonyl (C=S) groups is 1. The summed E-state index contributed by atoms with van der Waals surface area (Å²) in [4.78, 5) is 13.5. The second kappa shape index (κ2) is 5.62. The maximum Gasteiger partial charge on any atom is 0.259 e. The Hall–Kier alpha value is -0.640. The van der Waals surface area contributed by atoms with Gasteiger partial charge in [-0.15, -0.1) is 0 Å². The molecule has 16 heavy (non-hydrogen) atoms. The van der Waals surface area contributed by atoms with Crippen molar-refractivity contribution in [3.63, 3.8) is 0 Å². The van der Waals surface area contributed by atoms with Gasteiger partial charge in [-0.2, -0.15) is 0 Å². The molecule has 1 heterocycles. The third-order valence-electron chi connectivity index (χ3n) is 3.45. The van der Waals surface area contributed by atoms with Gasteiger partial charge in [0.05, 0.1) is 5.92 Å². The lowest BCUT2D eigenvalue weighted by molar-refractivity contribution is -0.121. The van der Waals surface area contributed by atoms with Gasteiger partial charge < -0.3 is 9.64 Å². The Bertz CT molecular complexity index is 274. The van der Waals surface area contributed by atoms with Gasteiger partial charge in [-0.05, 0) is 44.3 Å². The van der Waals surface area contributed by atoms with Crippen molar-refractivity contribution in [2.45, 2.75) is 38.5 Å². The van der Waals surface area contributed by atoms with Crippen molar-refractivity contribution in [3.8, 4) is 0 Å². The lowest BCUT2D eigenvalue weighted by atomic mass is 10.1. The van der Waals surface area contributed by atoms with Crippen LogP contribution in [0.3, 0.4) is 0 Å². The van der Waals surface area contributed by atoms with Crippen LogP contribution in [0.4, 0.5) is 0 Å². The van der Waals surface area contributed by atoms with Gasteiger partial charge in [-0.1, -0.05) is 0 Å². The molecular weight excluding hydrogens is 222 g/mol. The summed E-state index contributed by atoms with van der Waals surface area (Å²) in [5, 5.41) is 0.597. The van der Waals surface area contributed by atoms with Crippen molar-refractivity contribution in [2.75, 3.05) is 19.7 Å². The summed E-state index contributed by atoms with van der Waals surface area (Å²) in [7, 11) is 0. The minimum Gasteiger partial charge on any atom is -0.470 e. The minimum atomic E-state index is 0.0998. The fourth-order valence-corrected chi connectivity index (χ4v) is 2.65. The molecule has 0 radical (unpaired) electrons. The predicted octanol–water partition coefficient (Wildman–Crippen LogP) is 2.14. The molecule has 1 atom stereocenters. The average Bonchev–Trinajstić information content (AvgIpc) is 2.73. The normalized spacial score (nSPS) is 25.9. The van der Waals surface area contributed by atoms with E-state index in [0.29, 0.717) is 17.6 Å². The summed E-state index contributed by atoms with van der Waals surface area (Å²) in [6, 6.07) is 0. The largest absolute Gasteiger partial charge is 0.470 e. The molecule has 2 rings (SSSR count). The van der Waals surface area contributed by atoms with Crippen LogP contribution in [0.2, 0.25) is 0 Å². The SMILES string of the molecule is O=C1CCCC1COC(=S)N1CCCCC1. The molecule has 1 saturated carbocycles. The molecular formula is C12H19NO2S. The molecule has 1 unspecified atom stereocenters. The molecule has 90 valence electrons. The number of likely N-dealkylation sites (tertiary alicyclic amines) is 1. The number of hydrogen-bond acceptors (Lipinski definition) is 3. The highest BCUT2D eigenvalue weighted by molar-refractivity contribution is 7.80. The molecule has 0 amide bonds. The first-order valence-electron chi connectivity index (χ1n) is 6.22. The van der Waals surface area contributed by atoms with E-state index in [0.717, 1.165) is 32.4 Å². The molecule has 1 aliphatic carbocycles. The molecule has 2 fully saturated rings. The first kappa shape index (κ1) is 11.8. The van der Waals surface area contributed by atoms with Crippen LogP contribution in [0.1, 0.15) is 38.5 Å². The lowest BCUT2D eigenvalue weighted by Crippen LogP contribution is -2.36. The Balaban J connectivity index is 1.72. The van der Waals surface area contributed by atoms with Crippen LogP contribution in [-0.4, -0.2) is 35.6 Å². The number of hydrogen-bond donors (Lipinski definition) is 0. The van der Waals surface area contributed by atoms with Gasteiger partial charge in [0.1, 0.15) is 12.4 Å². The number of ether oxygens (including phenoxy) is 1. The number of carbonyl (C=O) groups is 1. The van der Waals surface area contributed by atoms with E-state index in [1.807, 2.05) is 0 Å². The van der Waals surface area contributed by atoms with E-state index in [-0.39, 0.29) is 5.92 Å². The standard InChI is InChI=1S/C12H19NO2S/c14-11-6-4-5-10(11)9-15-12(16)13-7-2-1-3-8-13/h10H,1-9H2. The molecule has 4 heteroatoms. The molecule has 2 aliphatic rings. The molecule has 1 saturated heterocycles. The highest BCUT2D eigenvalue weighted by Crippen LogP contribution is 2.21. The van der Waals surface area contributed by atoms with E-state index in [2.05, 4.69) is 4.90 Å². The van der Waals surface area contributed by atoms with Crippen molar-refractivity contribution >= 4 is 23.2 Å².